The molecule has 1 aromatic heterocycles. The number of hydrogen-bond acceptors (Lipinski definition) is 5. The van der Waals surface area contributed by atoms with E-state index in [2.05, 4.69) is 15.9 Å². The van der Waals surface area contributed by atoms with E-state index in [0.29, 0.717) is 13.2 Å². The molecule has 4 nitrogen and oxygen atoms in total. The SMILES string of the molecule is COCCOc1ccc(C(N)c2sccc2OC)cc1Br. The molecule has 21 heavy (non-hydrogen) atoms. The van der Waals surface area contributed by atoms with Gasteiger partial charge < -0.3 is 19.9 Å². The fraction of sp³-hybridized carbons (Fsp3) is 0.333. The van der Waals surface area contributed by atoms with Crippen molar-refractivity contribution in [3.05, 3.63) is 44.6 Å². The van der Waals surface area contributed by atoms with Crippen LogP contribution in [0.4, 0.5) is 0 Å². The summed E-state index contributed by atoms with van der Waals surface area (Å²) in [6.45, 7) is 1.07. The second-order valence-electron chi connectivity index (χ2n) is 4.36. The van der Waals surface area contributed by atoms with Gasteiger partial charge in [0, 0.05) is 7.11 Å². The number of benzene rings is 1. The topological polar surface area (TPSA) is 53.7 Å². The van der Waals surface area contributed by atoms with Crippen LogP contribution in [0.5, 0.6) is 11.5 Å². The highest BCUT2D eigenvalue weighted by Crippen LogP contribution is 2.35. The predicted molar refractivity (Wildman–Crippen MR) is 88.4 cm³/mol. The van der Waals surface area contributed by atoms with Crippen LogP contribution in [0.1, 0.15) is 16.5 Å². The molecule has 114 valence electrons. The Balaban J connectivity index is 2.15. The van der Waals surface area contributed by atoms with Crippen molar-refractivity contribution in [1.29, 1.82) is 0 Å². The van der Waals surface area contributed by atoms with Gasteiger partial charge in [-0.2, -0.15) is 0 Å². The number of ether oxygens (including phenoxy) is 3. The second-order valence-corrected chi connectivity index (χ2v) is 6.16. The fourth-order valence-electron chi connectivity index (χ4n) is 1.92. The van der Waals surface area contributed by atoms with Crippen LogP contribution in [-0.4, -0.2) is 27.4 Å². The Bertz CT molecular complexity index is 588. The van der Waals surface area contributed by atoms with E-state index < -0.39 is 0 Å². The smallest absolute Gasteiger partial charge is 0.134 e. The molecule has 0 aliphatic carbocycles. The zero-order chi connectivity index (χ0) is 15.2. The van der Waals surface area contributed by atoms with Gasteiger partial charge in [-0.15, -0.1) is 11.3 Å². The first kappa shape index (κ1) is 16.3. The quantitative estimate of drug-likeness (QED) is 0.755. The highest BCUT2D eigenvalue weighted by Gasteiger charge is 2.16. The third kappa shape index (κ3) is 3.97. The molecular formula is C15H18BrNO3S. The Morgan fingerprint density at radius 1 is 1.19 bits per heavy atom. The Labute approximate surface area is 137 Å². The van der Waals surface area contributed by atoms with Gasteiger partial charge in [-0.1, -0.05) is 6.07 Å². The van der Waals surface area contributed by atoms with Crippen molar-refractivity contribution in [3.8, 4) is 11.5 Å². The van der Waals surface area contributed by atoms with Crippen LogP contribution in [0.25, 0.3) is 0 Å². The van der Waals surface area contributed by atoms with E-state index in [1.165, 1.54) is 0 Å². The van der Waals surface area contributed by atoms with Crippen molar-refractivity contribution in [2.45, 2.75) is 6.04 Å². The Kier molecular flexibility index (Phi) is 6.05. The molecule has 0 aliphatic rings. The summed E-state index contributed by atoms with van der Waals surface area (Å²) >= 11 is 5.11. The van der Waals surface area contributed by atoms with E-state index in [4.69, 9.17) is 19.9 Å². The molecule has 6 heteroatoms. The van der Waals surface area contributed by atoms with Gasteiger partial charge >= 0.3 is 0 Å². The molecule has 2 N–H and O–H groups in total. The summed E-state index contributed by atoms with van der Waals surface area (Å²) in [7, 11) is 3.30. The van der Waals surface area contributed by atoms with E-state index in [0.717, 1.165) is 26.4 Å². The van der Waals surface area contributed by atoms with E-state index in [1.54, 1.807) is 25.6 Å². The zero-order valence-corrected chi connectivity index (χ0v) is 14.4. The first-order chi connectivity index (χ1) is 10.2. The summed E-state index contributed by atoms with van der Waals surface area (Å²) in [5.41, 5.74) is 7.33. The lowest BCUT2D eigenvalue weighted by atomic mass is 10.1. The molecule has 0 amide bonds. The van der Waals surface area contributed by atoms with Crippen LogP contribution in [0, 0.1) is 0 Å². The molecule has 0 radical (unpaired) electrons. The standard InChI is InChI=1S/C15H18BrNO3S/c1-18-6-7-20-12-4-3-10(9-11(12)16)14(17)15-13(19-2)5-8-21-15/h3-5,8-9,14H,6-7,17H2,1-2H3. The average molecular weight is 372 g/mol. The minimum Gasteiger partial charge on any atom is -0.496 e. The molecule has 0 aliphatic heterocycles. The Morgan fingerprint density at radius 2 is 2.00 bits per heavy atom. The molecule has 0 saturated carbocycles. The van der Waals surface area contributed by atoms with Crippen LogP contribution < -0.4 is 15.2 Å². The third-order valence-corrected chi connectivity index (χ3v) is 4.62. The second kappa shape index (κ2) is 7.79. The third-order valence-electron chi connectivity index (χ3n) is 3.02. The minimum absolute atomic E-state index is 0.218. The van der Waals surface area contributed by atoms with Crippen molar-refractivity contribution in [3.63, 3.8) is 0 Å². The lowest BCUT2D eigenvalue weighted by molar-refractivity contribution is 0.146. The number of methoxy groups -OCH3 is 2. The van der Waals surface area contributed by atoms with Gasteiger partial charge in [0.05, 0.1) is 29.1 Å². The summed E-state index contributed by atoms with van der Waals surface area (Å²) in [5.74, 6) is 1.60. The summed E-state index contributed by atoms with van der Waals surface area (Å²) in [4.78, 5) is 1.01. The van der Waals surface area contributed by atoms with Crippen molar-refractivity contribution >= 4 is 27.3 Å². The van der Waals surface area contributed by atoms with E-state index in [9.17, 15) is 0 Å². The van der Waals surface area contributed by atoms with Gasteiger partial charge in [0.15, 0.2) is 0 Å². The molecule has 1 aromatic carbocycles. The molecule has 1 unspecified atom stereocenters. The van der Waals surface area contributed by atoms with Crippen molar-refractivity contribution in [1.82, 2.24) is 0 Å². The lowest BCUT2D eigenvalue weighted by Crippen LogP contribution is -2.11. The summed E-state index contributed by atoms with van der Waals surface area (Å²) < 4.78 is 16.8. The van der Waals surface area contributed by atoms with Gasteiger partial charge in [-0.05, 0) is 45.1 Å². The number of hydrogen-bond donors (Lipinski definition) is 1. The zero-order valence-electron chi connectivity index (χ0n) is 12.0. The molecule has 0 spiro atoms. The lowest BCUT2D eigenvalue weighted by Gasteiger charge is -2.14. The van der Waals surface area contributed by atoms with Crippen LogP contribution >= 0.6 is 27.3 Å². The highest BCUT2D eigenvalue weighted by molar-refractivity contribution is 9.10. The van der Waals surface area contributed by atoms with E-state index in [1.807, 2.05) is 29.6 Å². The van der Waals surface area contributed by atoms with Gasteiger partial charge in [0.1, 0.15) is 18.1 Å². The van der Waals surface area contributed by atoms with Gasteiger partial charge in [-0.25, -0.2) is 0 Å². The largest absolute Gasteiger partial charge is 0.496 e. The van der Waals surface area contributed by atoms with Crippen molar-refractivity contribution in [2.75, 3.05) is 27.4 Å². The predicted octanol–water partition coefficient (Wildman–Crippen LogP) is 3.59. The van der Waals surface area contributed by atoms with Crippen molar-refractivity contribution in [2.24, 2.45) is 5.73 Å². The minimum atomic E-state index is -0.218. The molecule has 2 rings (SSSR count). The Morgan fingerprint density at radius 3 is 2.67 bits per heavy atom. The summed E-state index contributed by atoms with van der Waals surface area (Å²) in [6.07, 6.45) is 0. The summed E-state index contributed by atoms with van der Waals surface area (Å²) in [5, 5.41) is 1.98. The number of nitrogens with two attached hydrogens (primary N) is 1. The first-order valence-corrected chi connectivity index (χ1v) is 8.12. The highest BCUT2D eigenvalue weighted by atomic mass is 79.9. The molecule has 1 heterocycles. The summed E-state index contributed by atoms with van der Waals surface area (Å²) in [6, 6.07) is 7.57. The number of halogens is 1. The maximum absolute atomic E-state index is 6.33. The molecule has 1 atom stereocenters. The molecule has 0 saturated heterocycles. The van der Waals surface area contributed by atoms with Gasteiger partial charge in [-0.3, -0.25) is 0 Å². The van der Waals surface area contributed by atoms with Crippen molar-refractivity contribution < 1.29 is 14.2 Å². The maximum Gasteiger partial charge on any atom is 0.134 e. The van der Waals surface area contributed by atoms with E-state index >= 15 is 0 Å². The normalized spacial score (nSPS) is 12.2. The number of rotatable bonds is 7. The maximum atomic E-state index is 6.33. The van der Waals surface area contributed by atoms with E-state index in [-0.39, 0.29) is 6.04 Å². The average Bonchev–Trinajstić information content (AvgIpc) is 2.96. The number of thiophene rings is 1. The van der Waals surface area contributed by atoms with Gasteiger partial charge in [0.2, 0.25) is 0 Å². The molecular weight excluding hydrogens is 354 g/mol. The molecule has 2 aromatic rings. The molecule has 0 bridgehead atoms. The van der Waals surface area contributed by atoms with Crippen LogP contribution in [0.3, 0.4) is 0 Å². The van der Waals surface area contributed by atoms with Gasteiger partial charge in [0.25, 0.3) is 0 Å². The molecule has 0 fully saturated rings. The van der Waals surface area contributed by atoms with Crippen LogP contribution in [0.2, 0.25) is 0 Å². The fourth-order valence-corrected chi connectivity index (χ4v) is 3.32. The van der Waals surface area contributed by atoms with Crippen LogP contribution in [-0.2, 0) is 4.74 Å². The monoisotopic (exact) mass is 371 g/mol. The van der Waals surface area contributed by atoms with Crippen LogP contribution in [0.15, 0.2) is 34.1 Å². The Hall–Kier alpha value is -1.08. The first-order valence-electron chi connectivity index (χ1n) is 6.45.